The molecule has 17 heavy (non-hydrogen) atoms. The minimum absolute atomic E-state index is 0.156. The monoisotopic (exact) mass is 242 g/mol. The van der Waals surface area contributed by atoms with Crippen LogP contribution >= 0.6 is 0 Å². The van der Waals surface area contributed by atoms with Gasteiger partial charge >= 0.3 is 0 Å². The zero-order valence-corrected chi connectivity index (χ0v) is 10.4. The van der Waals surface area contributed by atoms with Gasteiger partial charge in [0.05, 0.1) is 18.8 Å². The fraction of sp³-hybridized carbons (Fsp3) is 0.538. The van der Waals surface area contributed by atoms with E-state index in [1.807, 2.05) is 13.8 Å². The van der Waals surface area contributed by atoms with Gasteiger partial charge in [0, 0.05) is 5.56 Å². The average molecular weight is 242 g/mol. The predicted octanol–water partition coefficient (Wildman–Crippen LogP) is 2.68. The molecule has 0 fully saturated rings. The summed E-state index contributed by atoms with van der Waals surface area (Å²) in [6, 6.07) is 4.11. The van der Waals surface area contributed by atoms with Gasteiger partial charge in [0.2, 0.25) is 0 Å². The smallest absolute Gasteiger partial charge is 0.125 e. The normalized spacial score (nSPS) is 12.8. The van der Waals surface area contributed by atoms with Crippen molar-refractivity contribution in [3.8, 4) is 5.75 Å². The summed E-state index contributed by atoms with van der Waals surface area (Å²) >= 11 is 0. The Morgan fingerprint density at radius 2 is 1.94 bits per heavy atom. The minimum atomic E-state index is -0.758. The SMILES string of the molecule is CC(C)OCCOc1ccc(F)cc1C(C)O. The van der Waals surface area contributed by atoms with Crippen LogP contribution in [0.2, 0.25) is 0 Å². The third-order valence-electron chi connectivity index (χ3n) is 2.21. The summed E-state index contributed by atoms with van der Waals surface area (Å²) in [5.74, 6) is 0.112. The summed E-state index contributed by atoms with van der Waals surface area (Å²) in [6.07, 6.45) is -0.602. The molecule has 3 nitrogen and oxygen atoms in total. The standard InChI is InChI=1S/C13H19FO3/c1-9(2)16-6-7-17-13-5-4-11(14)8-12(13)10(3)15/h4-5,8-10,15H,6-7H2,1-3H3. The molecule has 0 spiro atoms. The quantitative estimate of drug-likeness (QED) is 0.779. The van der Waals surface area contributed by atoms with Crippen molar-refractivity contribution >= 4 is 0 Å². The Hall–Kier alpha value is -1.13. The molecule has 0 radical (unpaired) electrons. The van der Waals surface area contributed by atoms with Crippen LogP contribution in [0.15, 0.2) is 18.2 Å². The van der Waals surface area contributed by atoms with Gasteiger partial charge in [-0.25, -0.2) is 4.39 Å². The molecule has 0 heterocycles. The Morgan fingerprint density at radius 3 is 2.53 bits per heavy atom. The van der Waals surface area contributed by atoms with E-state index in [1.54, 1.807) is 6.92 Å². The van der Waals surface area contributed by atoms with E-state index in [-0.39, 0.29) is 11.9 Å². The zero-order chi connectivity index (χ0) is 12.8. The summed E-state index contributed by atoms with van der Waals surface area (Å²) in [7, 11) is 0. The van der Waals surface area contributed by atoms with Crippen LogP contribution in [0.4, 0.5) is 4.39 Å². The van der Waals surface area contributed by atoms with Crippen LogP contribution in [-0.4, -0.2) is 24.4 Å². The van der Waals surface area contributed by atoms with Crippen LogP contribution in [0.1, 0.15) is 32.4 Å². The maximum Gasteiger partial charge on any atom is 0.125 e. The molecule has 0 bridgehead atoms. The summed E-state index contributed by atoms with van der Waals surface area (Å²) in [6.45, 7) is 6.31. The van der Waals surface area contributed by atoms with E-state index in [4.69, 9.17) is 9.47 Å². The van der Waals surface area contributed by atoms with Gasteiger partial charge in [-0.2, -0.15) is 0 Å². The largest absolute Gasteiger partial charge is 0.491 e. The Morgan fingerprint density at radius 1 is 1.24 bits per heavy atom. The van der Waals surface area contributed by atoms with Crippen molar-refractivity contribution in [1.82, 2.24) is 0 Å². The first-order valence-corrected chi connectivity index (χ1v) is 5.72. The molecule has 1 atom stereocenters. The highest BCUT2D eigenvalue weighted by Gasteiger charge is 2.10. The lowest BCUT2D eigenvalue weighted by Crippen LogP contribution is -2.12. The molecule has 0 saturated carbocycles. The predicted molar refractivity (Wildman–Crippen MR) is 63.6 cm³/mol. The van der Waals surface area contributed by atoms with Gasteiger partial charge < -0.3 is 14.6 Å². The van der Waals surface area contributed by atoms with E-state index in [2.05, 4.69) is 0 Å². The number of hydrogen-bond acceptors (Lipinski definition) is 3. The lowest BCUT2D eigenvalue weighted by atomic mass is 10.1. The van der Waals surface area contributed by atoms with Crippen molar-refractivity contribution in [3.63, 3.8) is 0 Å². The van der Waals surface area contributed by atoms with E-state index in [9.17, 15) is 9.50 Å². The van der Waals surface area contributed by atoms with Gasteiger partial charge in [-0.05, 0) is 39.0 Å². The second kappa shape index (κ2) is 6.57. The van der Waals surface area contributed by atoms with Crippen molar-refractivity contribution in [2.45, 2.75) is 33.0 Å². The highest BCUT2D eigenvalue weighted by molar-refractivity contribution is 5.35. The Balaban J connectivity index is 2.58. The second-order valence-corrected chi connectivity index (χ2v) is 4.13. The van der Waals surface area contributed by atoms with Crippen LogP contribution in [0, 0.1) is 5.82 Å². The number of aliphatic hydroxyl groups is 1. The van der Waals surface area contributed by atoms with E-state index in [0.29, 0.717) is 24.5 Å². The molecule has 0 saturated heterocycles. The first-order valence-electron chi connectivity index (χ1n) is 5.72. The highest BCUT2D eigenvalue weighted by atomic mass is 19.1. The minimum Gasteiger partial charge on any atom is -0.491 e. The molecule has 4 heteroatoms. The molecule has 0 amide bonds. The van der Waals surface area contributed by atoms with E-state index in [1.165, 1.54) is 18.2 Å². The summed E-state index contributed by atoms with van der Waals surface area (Å²) < 4.78 is 23.8. The lowest BCUT2D eigenvalue weighted by molar-refractivity contribution is 0.0543. The number of aliphatic hydroxyl groups excluding tert-OH is 1. The molecule has 0 aliphatic carbocycles. The maximum atomic E-state index is 13.0. The molecular formula is C13H19FO3. The Bertz CT molecular complexity index is 351. The summed E-state index contributed by atoms with van der Waals surface area (Å²) in [5.41, 5.74) is 0.453. The first-order chi connectivity index (χ1) is 8.00. The number of halogens is 1. The molecule has 1 aromatic carbocycles. The van der Waals surface area contributed by atoms with Crippen molar-refractivity contribution in [1.29, 1.82) is 0 Å². The number of benzene rings is 1. The van der Waals surface area contributed by atoms with Crippen LogP contribution in [0.25, 0.3) is 0 Å². The number of rotatable bonds is 6. The van der Waals surface area contributed by atoms with Crippen LogP contribution < -0.4 is 4.74 Å². The molecule has 0 aliphatic rings. The third-order valence-corrected chi connectivity index (χ3v) is 2.21. The van der Waals surface area contributed by atoms with E-state index >= 15 is 0 Å². The van der Waals surface area contributed by atoms with Gasteiger partial charge in [0.1, 0.15) is 18.2 Å². The zero-order valence-electron chi connectivity index (χ0n) is 10.4. The summed E-state index contributed by atoms with van der Waals surface area (Å²) in [4.78, 5) is 0. The van der Waals surface area contributed by atoms with Gasteiger partial charge in [0.25, 0.3) is 0 Å². The molecule has 1 N–H and O–H groups in total. The Labute approximate surface area is 101 Å². The lowest BCUT2D eigenvalue weighted by Gasteiger charge is -2.14. The first kappa shape index (κ1) is 13.9. The molecule has 1 unspecified atom stereocenters. The van der Waals surface area contributed by atoms with Gasteiger partial charge in [-0.15, -0.1) is 0 Å². The molecule has 1 aromatic rings. The fourth-order valence-electron chi connectivity index (χ4n) is 1.41. The Kier molecular flexibility index (Phi) is 5.38. The fourth-order valence-corrected chi connectivity index (χ4v) is 1.41. The van der Waals surface area contributed by atoms with Gasteiger partial charge in [0.15, 0.2) is 0 Å². The molecular weight excluding hydrogens is 223 g/mol. The number of hydrogen-bond donors (Lipinski definition) is 1. The van der Waals surface area contributed by atoms with Crippen LogP contribution in [0.3, 0.4) is 0 Å². The third kappa shape index (κ3) is 4.71. The molecule has 0 aliphatic heterocycles. The van der Waals surface area contributed by atoms with Crippen LogP contribution in [-0.2, 0) is 4.74 Å². The number of ether oxygens (including phenoxy) is 2. The maximum absolute atomic E-state index is 13.0. The van der Waals surface area contributed by atoms with Gasteiger partial charge in [-0.1, -0.05) is 0 Å². The van der Waals surface area contributed by atoms with Crippen molar-refractivity contribution in [3.05, 3.63) is 29.6 Å². The topological polar surface area (TPSA) is 38.7 Å². The highest BCUT2D eigenvalue weighted by Crippen LogP contribution is 2.25. The van der Waals surface area contributed by atoms with Crippen molar-refractivity contribution in [2.75, 3.05) is 13.2 Å². The molecule has 0 aromatic heterocycles. The molecule has 96 valence electrons. The van der Waals surface area contributed by atoms with E-state index < -0.39 is 6.10 Å². The van der Waals surface area contributed by atoms with Crippen molar-refractivity contribution in [2.24, 2.45) is 0 Å². The van der Waals surface area contributed by atoms with E-state index in [0.717, 1.165) is 0 Å². The molecule has 1 rings (SSSR count). The van der Waals surface area contributed by atoms with Gasteiger partial charge in [-0.3, -0.25) is 0 Å². The second-order valence-electron chi connectivity index (χ2n) is 4.13. The summed E-state index contributed by atoms with van der Waals surface area (Å²) in [5, 5.41) is 9.50. The average Bonchev–Trinajstić information content (AvgIpc) is 2.25. The van der Waals surface area contributed by atoms with Crippen LogP contribution in [0.5, 0.6) is 5.75 Å². The van der Waals surface area contributed by atoms with Crippen molar-refractivity contribution < 1.29 is 19.0 Å².